The second kappa shape index (κ2) is 6.83. The van der Waals surface area contributed by atoms with Crippen molar-refractivity contribution in [3.63, 3.8) is 0 Å². The Morgan fingerprint density at radius 2 is 1.72 bits per heavy atom. The van der Waals surface area contributed by atoms with Crippen molar-refractivity contribution in [3.05, 3.63) is 88.4 Å². The topological polar surface area (TPSA) is 65.1 Å². The van der Waals surface area contributed by atoms with Crippen molar-refractivity contribution in [3.8, 4) is 11.5 Å². The molecule has 0 saturated carbocycles. The van der Waals surface area contributed by atoms with Gasteiger partial charge in [0.15, 0.2) is 11.5 Å². The van der Waals surface area contributed by atoms with Gasteiger partial charge in [0.25, 0.3) is 5.91 Å². The highest BCUT2D eigenvalue weighted by Crippen LogP contribution is 2.41. The first kappa shape index (κ1) is 17.6. The molecule has 0 radical (unpaired) electrons. The summed E-state index contributed by atoms with van der Waals surface area (Å²) >= 11 is 6.27. The molecule has 0 aliphatic carbocycles. The summed E-state index contributed by atoms with van der Waals surface area (Å²) in [5, 5.41) is 0.316. The Labute approximate surface area is 171 Å². The van der Waals surface area contributed by atoms with Gasteiger partial charge in [-0.05, 0) is 42.5 Å². The number of nitrogens with zero attached hydrogens (tertiary/aromatic N) is 1. The predicted octanol–water partition coefficient (Wildman–Crippen LogP) is 4.58. The van der Waals surface area contributed by atoms with Gasteiger partial charge in [-0.1, -0.05) is 35.9 Å². The first-order valence-corrected chi connectivity index (χ1v) is 9.29. The van der Waals surface area contributed by atoms with Gasteiger partial charge in [-0.25, -0.2) is 4.79 Å². The summed E-state index contributed by atoms with van der Waals surface area (Å²) in [5.74, 6) is 0.243. The van der Waals surface area contributed by atoms with Crippen LogP contribution < -0.4 is 14.4 Å². The summed E-state index contributed by atoms with van der Waals surface area (Å²) < 4.78 is 16.5. The standard InChI is InChI=1S/C22H14ClNO5/c23-16-7-3-1-5-14(16)20(25)24-17-8-4-2-6-15(17)22(26)29-21(24)13-9-10-18-19(11-13)28-12-27-18/h1-11,21H,12H2/t21-/m1/s1. The van der Waals surface area contributed by atoms with Crippen LogP contribution in [0.5, 0.6) is 11.5 Å². The molecule has 0 aromatic heterocycles. The van der Waals surface area contributed by atoms with E-state index >= 15 is 0 Å². The molecule has 6 nitrogen and oxygen atoms in total. The molecule has 0 spiro atoms. The minimum atomic E-state index is -0.976. The van der Waals surface area contributed by atoms with Crippen LogP contribution in [0.15, 0.2) is 66.7 Å². The number of benzene rings is 3. The van der Waals surface area contributed by atoms with Crippen LogP contribution in [-0.4, -0.2) is 18.7 Å². The second-order valence-corrected chi connectivity index (χ2v) is 6.95. The van der Waals surface area contributed by atoms with Gasteiger partial charge in [-0.15, -0.1) is 0 Å². The zero-order valence-corrected chi connectivity index (χ0v) is 15.8. The molecule has 0 saturated heterocycles. The Balaban J connectivity index is 1.66. The fraction of sp³-hybridized carbons (Fsp3) is 0.0909. The average molecular weight is 408 g/mol. The number of amides is 1. The van der Waals surface area contributed by atoms with E-state index in [2.05, 4.69) is 0 Å². The van der Waals surface area contributed by atoms with Gasteiger partial charge in [0, 0.05) is 5.56 Å². The van der Waals surface area contributed by atoms with Gasteiger partial charge in [0.2, 0.25) is 13.0 Å². The molecule has 3 aromatic rings. The molecule has 1 amide bonds. The summed E-state index contributed by atoms with van der Waals surface area (Å²) in [6.07, 6.45) is -0.976. The molecule has 2 heterocycles. The van der Waals surface area contributed by atoms with E-state index in [0.29, 0.717) is 38.9 Å². The number of hydrogen-bond donors (Lipinski definition) is 0. The van der Waals surface area contributed by atoms with Gasteiger partial charge in [-0.3, -0.25) is 9.69 Å². The molecule has 29 heavy (non-hydrogen) atoms. The van der Waals surface area contributed by atoms with Crippen molar-refractivity contribution in [2.75, 3.05) is 11.7 Å². The Morgan fingerprint density at radius 3 is 2.59 bits per heavy atom. The van der Waals surface area contributed by atoms with Crippen molar-refractivity contribution in [2.24, 2.45) is 0 Å². The Morgan fingerprint density at radius 1 is 0.966 bits per heavy atom. The maximum atomic E-state index is 13.5. The molecule has 0 fully saturated rings. The lowest BCUT2D eigenvalue weighted by molar-refractivity contribution is 0.0248. The van der Waals surface area contributed by atoms with Crippen LogP contribution in [-0.2, 0) is 4.74 Å². The lowest BCUT2D eigenvalue weighted by Crippen LogP contribution is -2.41. The fourth-order valence-electron chi connectivity index (χ4n) is 3.46. The van der Waals surface area contributed by atoms with E-state index < -0.39 is 12.2 Å². The molecule has 144 valence electrons. The molecule has 7 heteroatoms. The monoisotopic (exact) mass is 407 g/mol. The van der Waals surface area contributed by atoms with Crippen molar-refractivity contribution < 1.29 is 23.8 Å². The van der Waals surface area contributed by atoms with Crippen LogP contribution >= 0.6 is 11.6 Å². The number of anilines is 1. The molecule has 2 aliphatic heterocycles. The van der Waals surface area contributed by atoms with Crippen molar-refractivity contribution in [1.29, 1.82) is 0 Å². The van der Waals surface area contributed by atoms with E-state index in [4.69, 9.17) is 25.8 Å². The average Bonchev–Trinajstić information content (AvgIpc) is 3.21. The maximum absolute atomic E-state index is 13.5. The van der Waals surface area contributed by atoms with Crippen LogP contribution in [0.4, 0.5) is 5.69 Å². The van der Waals surface area contributed by atoms with Gasteiger partial charge in [0.05, 0.1) is 21.8 Å². The summed E-state index contributed by atoms with van der Waals surface area (Å²) in [6.45, 7) is 0.119. The van der Waals surface area contributed by atoms with E-state index in [9.17, 15) is 9.59 Å². The predicted molar refractivity (Wildman–Crippen MR) is 105 cm³/mol. The minimum absolute atomic E-state index is 0.119. The highest BCUT2D eigenvalue weighted by molar-refractivity contribution is 6.34. The van der Waals surface area contributed by atoms with Crippen LogP contribution in [0, 0.1) is 0 Å². The Kier molecular flexibility index (Phi) is 4.14. The minimum Gasteiger partial charge on any atom is -0.454 e. The number of halogens is 1. The highest BCUT2D eigenvalue weighted by atomic mass is 35.5. The highest BCUT2D eigenvalue weighted by Gasteiger charge is 2.39. The van der Waals surface area contributed by atoms with E-state index in [0.717, 1.165) is 0 Å². The lowest BCUT2D eigenvalue weighted by Gasteiger charge is -2.36. The molecule has 2 aliphatic rings. The van der Waals surface area contributed by atoms with Crippen LogP contribution in [0.2, 0.25) is 5.02 Å². The molecule has 0 unspecified atom stereocenters. The third-order valence-electron chi connectivity index (χ3n) is 4.84. The van der Waals surface area contributed by atoms with Gasteiger partial charge < -0.3 is 14.2 Å². The number of carbonyl (C=O) groups is 2. The molecule has 1 atom stereocenters. The summed E-state index contributed by atoms with van der Waals surface area (Å²) in [7, 11) is 0. The number of rotatable bonds is 2. The first-order valence-electron chi connectivity index (χ1n) is 8.91. The van der Waals surface area contributed by atoms with E-state index in [1.165, 1.54) is 4.90 Å². The smallest absolute Gasteiger partial charge is 0.342 e. The molecule has 3 aromatic carbocycles. The van der Waals surface area contributed by atoms with Crippen LogP contribution in [0.1, 0.15) is 32.5 Å². The number of para-hydroxylation sites is 1. The van der Waals surface area contributed by atoms with Crippen LogP contribution in [0.3, 0.4) is 0 Å². The Hall–Kier alpha value is -3.51. The van der Waals surface area contributed by atoms with Crippen molar-refractivity contribution in [1.82, 2.24) is 0 Å². The summed E-state index contributed by atoms with van der Waals surface area (Å²) in [6, 6.07) is 18.8. The number of hydrogen-bond acceptors (Lipinski definition) is 5. The van der Waals surface area contributed by atoms with Crippen molar-refractivity contribution >= 4 is 29.2 Å². The number of esters is 1. The van der Waals surface area contributed by atoms with Crippen LogP contribution in [0.25, 0.3) is 0 Å². The molecule has 0 N–H and O–H groups in total. The largest absolute Gasteiger partial charge is 0.454 e. The third kappa shape index (κ3) is 2.89. The first-order chi connectivity index (χ1) is 14.1. The van der Waals surface area contributed by atoms with E-state index in [-0.39, 0.29) is 12.7 Å². The lowest BCUT2D eigenvalue weighted by atomic mass is 10.0. The zero-order chi connectivity index (χ0) is 20.0. The van der Waals surface area contributed by atoms with E-state index in [1.54, 1.807) is 66.7 Å². The van der Waals surface area contributed by atoms with Gasteiger partial charge in [0.1, 0.15) is 0 Å². The van der Waals surface area contributed by atoms with Gasteiger partial charge in [-0.2, -0.15) is 0 Å². The summed E-state index contributed by atoms with van der Waals surface area (Å²) in [4.78, 5) is 27.6. The number of carbonyl (C=O) groups excluding carboxylic acids is 2. The number of cyclic esters (lactones) is 1. The molecule has 5 rings (SSSR count). The van der Waals surface area contributed by atoms with Crippen molar-refractivity contribution in [2.45, 2.75) is 6.23 Å². The maximum Gasteiger partial charge on any atom is 0.342 e. The third-order valence-corrected chi connectivity index (χ3v) is 5.17. The SMILES string of the molecule is O=C1O[C@H](c2ccc3c(c2)OCO3)N(C(=O)c2ccccc2Cl)c2ccccc21. The van der Waals surface area contributed by atoms with E-state index in [1.807, 2.05) is 0 Å². The normalized spacial score (nSPS) is 16.9. The molecule has 0 bridgehead atoms. The number of fused-ring (bicyclic) bond motifs is 2. The second-order valence-electron chi connectivity index (χ2n) is 6.54. The fourth-order valence-corrected chi connectivity index (χ4v) is 3.68. The summed E-state index contributed by atoms with van der Waals surface area (Å²) in [5.41, 5.74) is 1.66. The molecular weight excluding hydrogens is 394 g/mol. The quantitative estimate of drug-likeness (QED) is 0.581. The zero-order valence-electron chi connectivity index (χ0n) is 15.0. The Bertz CT molecular complexity index is 1150. The number of ether oxygens (including phenoxy) is 3. The molecular formula is C22H14ClNO5. The van der Waals surface area contributed by atoms with Gasteiger partial charge >= 0.3 is 5.97 Å².